The number of sulfonamides is 1. The van der Waals surface area contributed by atoms with Crippen LogP contribution in [-0.4, -0.2) is 44.8 Å². The van der Waals surface area contributed by atoms with Gasteiger partial charge in [-0.3, -0.25) is 4.79 Å². The largest absolute Gasteiger partial charge is 0.416 e. The number of carbonyl (C=O) groups is 1. The van der Waals surface area contributed by atoms with Crippen molar-refractivity contribution in [3.8, 4) is 0 Å². The van der Waals surface area contributed by atoms with Crippen LogP contribution in [0, 0.1) is 5.92 Å². The van der Waals surface area contributed by atoms with E-state index in [4.69, 9.17) is 17.3 Å². The topological polar surface area (TPSA) is 92.5 Å². The second-order valence-electron chi connectivity index (χ2n) is 8.58. The Morgan fingerprint density at radius 2 is 1.74 bits per heavy atom. The van der Waals surface area contributed by atoms with Gasteiger partial charge in [0.1, 0.15) is 4.90 Å². The Labute approximate surface area is 245 Å². The van der Waals surface area contributed by atoms with Crippen LogP contribution in [0.2, 0.25) is 5.02 Å². The number of hydrogen-bond acceptors (Lipinski definition) is 6. The molecular formula is C25H30Cl2F3N3O3S3. The molecule has 1 aliphatic heterocycles. The summed E-state index contributed by atoms with van der Waals surface area (Å²) in [4.78, 5) is 14.6. The van der Waals surface area contributed by atoms with Gasteiger partial charge in [0.05, 0.1) is 16.5 Å². The Hall–Kier alpha value is -1.67. The van der Waals surface area contributed by atoms with Crippen LogP contribution in [0.15, 0.2) is 58.1 Å². The van der Waals surface area contributed by atoms with Crippen molar-refractivity contribution in [2.45, 2.75) is 36.8 Å². The molecule has 0 radical (unpaired) electrons. The van der Waals surface area contributed by atoms with Crippen LogP contribution in [0.5, 0.6) is 0 Å². The van der Waals surface area contributed by atoms with Crippen LogP contribution in [0.25, 0.3) is 0 Å². The van der Waals surface area contributed by atoms with Crippen LogP contribution < -0.4 is 11.1 Å². The quantitative estimate of drug-likeness (QED) is 0.322. The smallest absolute Gasteiger partial charge is 0.355 e. The fourth-order valence-electron chi connectivity index (χ4n) is 3.91. The molecule has 0 spiro atoms. The number of hydrogen-bond donors (Lipinski definition) is 2. The Morgan fingerprint density at radius 1 is 1.10 bits per heavy atom. The number of nitrogens with zero attached hydrogens (tertiary/aromatic N) is 1. The molecule has 4 rings (SSSR count). The number of piperidine rings is 1. The molecule has 0 saturated carbocycles. The highest BCUT2D eigenvalue weighted by molar-refractivity contribution is 7.89. The molecule has 1 saturated heterocycles. The first-order chi connectivity index (χ1) is 18.0. The van der Waals surface area contributed by atoms with Gasteiger partial charge < -0.3 is 11.1 Å². The van der Waals surface area contributed by atoms with Gasteiger partial charge in [-0.2, -0.15) is 17.5 Å². The summed E-state index contributed by atoms with van der Waals surface area (Å²) in [6, 6.07) is 10.2. The van der Waals surface area contributed by atoms with Crippen molar-refractivity contribution in [2.24, 2.45) is 11.7 Å². The zero-order valence-corrected chi connectivity index (χ0v) is 24.8. The Bertz CT molecular complexity index is 1270. The van der Waals surface area contributed by atoms with E-state index in [1.54, 1.807) is 22.7 Å². The van der Waals surface area contributed by atoms with E-state index < -0.39 is 37.6 Å². The molecule has 216 valence electrons. The first-order valence-corrected chi connectivity index (χ1v) is 15.5. The van der Waals surface area contributed by atoms with Crippen LogP contribution in [0.4, 0.5) is 13.2 Å². The van der Waals surface area contributed by atoms with Crippen molar-refractivity contribution >= 4 is 62.6 Å². The van der Waals surface area contributed by atoms with E-state index in [9.17, 15) is 26.4 Å². The van der Waals surface area contributed by atoms with E-state index in [0.717, 1.165) is 28.2 Å². The minimum atomic E-state index is -4.62. The fourth-order valence-corrected chi connectivity index (χ4v) is 7.38. The lowest BCUT2D eigenvalue weighted by Gasteiger charge is -2.31. The monoisotopic (exact) mass is 643 g/mol. The summed E-state index contributed by atoms with van der Waals surface area (Å²) in [5.74, 6) is -0.755. The molecular weight excluding hydrogens is 614 g/mol. The van der Waals surface area contributed by atoms with E-state index >= 15 is 0 Å². The SMILES string of the molecule is Cl.NCCc1cccs1.O=C(NCCc1cccs1)C1CCCN(S(=O)(=O)c2ccc(C(F)(F)F)cc2Cl)C1. The summed E-state index contributed by atoms with van der Waals surface area (Å²) in [6.45, 7) is 1.36. The van der Waals surface area contributed by atoms with Crippen molar-refractivity contribution in [3.05, 3.63) is 73.6 Å². The van der Waals surface area contributed by atoms with Crippen molar-refractivity contribution in [1.29, 1.82) is 0 Å². The molecule has 3 heterocycles. The van der Waals surface area contributed by atoms with Gasteiger partial charge in [-0.05, 0) is 73.3 Å². The lowest BCUT2D eigenvalue weighted by Crippen LogP contribution is -2.45. The Balaban J connectivity index is 0.000000508. The zero-order chi connectivity index (χ0) is 27.8. The van der Waals surface area contributed by atoms with Crippen molar-refractivity contribution in [1.82, 2.24) is 9.62 Å². The molecule has 0 bridgehead atoms. The van der Waals surface area contributed by atoms with Gasteiger partial charge >= 0.3 is 6.18 Å². The maximum Gasteiger partial charge on any atom is 0.416 e. The molecule has 0 aliphatic carbocycles. The van der Waals surface area contributed by atoms with Crippen molar-refractivity contribution in [2.75, 3.05) is 26.2 Å². The van der Waals surface area contributed by atoms with Gasteiger partial charge in [0.15, 0.2) is 0 Å². The lowest BCUT2D eigenvalue weighted by atomic mass is 9.99. The van der Waals surface area contributed by atoms with E-state index in [-0.39, 0.29) is 31.4 Å². The summed E-state index contributed by atoms with van der Waals surface area (Å²) in [6.07, 6.45) is -1.89. The summed E-state index contributed by atoms with van der Waals surface area (Å²) in [5.41, 5.74) is 4.31. The van der Waals surface area contributed by atoms with Gasteiger partial charge in [-0.1, -0.05) is 23.7 Å². The number of thiophene rings is 2. The summed E-state index contributed by atoms with van der Waals surface area (Å²) >= 11 is 9.23. The highest BCUT2D eigenvalue weighted by atomic mass is 35.5. The average Bonchev–Trinajstić information content (AvgIpc) is 3.59. The Morgan fingerprint density at radius 3 is 2.28 bits per heavy atom. The highest BCUT2D eigenvalue weighted by Gasteiger charge is 2.36. The molecule has 14 heteroatoms. The summed E-state index contributed by atoms with van der Waals surface area (Å²) in [5, 5.41) is 6.37. The standard InChI is InChI=1S/C19H20ClF3N2O3S2.C6H9NS.ClH/c20-16-11-14(19(21,22)23)5-6-17(16)30(27,28)25-9-1-3-13(12-25)18(26)24-8-7-15-4-2-10-29-15;7-4-3-6-2-1-5-8-6;/h2,4-6,10-11,13H,1,3,7-9,12H2,(H,24,26);1-2,5H,3-4,7H2;1H. The van der Waals surface area contributed by atoms with E-state index in [2.05, 4.69) is 22.8 Å². The van der Waals surface area contributed by atoms with Gasteiger partial charge in [0.25, 0.3) is 0 Å². The molecule has 2 aromatic heterocycles. The third-order valence-corrected chi connectivity index (χ3v) is 10.1. The summed E-state index contributed by atoms with van der Waals surface area (Å²) in [7, 11) is -4.12. The number of halogens is 5. The maximum atomic E-state index is 12.9. The Kier molecular flexibility index (Phi) is 13.2. The van der Waals surface area contributed by atoms with E-state index in [1.165, 1.54) is 4.88 Å². The van der Waals surface area contributed by atoms with Crippen molar-refractivity contribution < 1.29 is 26.4 Å². The van der Waals surface area contributed by atoms with Gasteiger partial charge in [-0.25, -0.2) is 8.42 Å². The minimum absolute atomic E-state index is 0. The number of carbonyl (C=O) groups excluding carboxylic acids is 1. The van der Waals surface area contributed by atoms with Crippen molar-refractivity contribution in [3.63, 3.8) is 0 Å². The summed E-state index contributed by atoms with van der Waals surface area (Å²) < 4.78 is 65.5. The third-order valence-electron chi connectivity index (χ3n) is 5.85. The molecule has 6 nitrogen and oxygen atoms in total. The molecule has 1 atom stereocenters. The predicted octanol–water partition coefficient (Wildman–Crippen LogP) is 5.85. The van der Waals surface area contributed by atoms with Gasteiger partial charge in [0.2, 0.25) is 15.9 Å². The van der Waals surface area contributed by atoms with Crippen LogP contribution >= 0.6 is 46.7 Å². The normalized spacial score (nSPS) is 16.1. The van der Waals surface area contributed by atoms with Gasteiger partial charge in [-0.15, -0.1) is 35.1 Å². The van der Waals surface area contributed by atoms with Crippen LogP contribution in [0.1, 0.15) is 28.2 Å². The molecule has 1 aromatic carbocycles. The van der Waals surface area contributed by atoms with Crippen LogP contribution in [0.3, 0.4) is 0 Å². The van der Waals surface area contributed by atoms with E-state index in [1.807, 2.05) is 17.5 Å². The molecule has 1 aliphatic rings. The maximum absolute atomic E-state index is 12.9. The second-order valence-corrected chi connectivity index (χ2v) is 13.0. The number of amides is 1. The van der Waals surface area contributed by atoms with Gasteiger partial charge in [0, 0.05) is 29.4 Å². The number of alkyl halides is 3. The average molecular weight is 645 g/mol. The lowest BCUT2D eigenvalue weighted by molar-refractivity contribution is -0.137. The zero-order valence-electron chi connectivity index (χ0n) is 20.8. The first-order valence-electron chi connectivity index (χ1n) is 11.9. The molecule has 3 N–H and O–H groups in total. The minimum Gasteiger partial charge on any atom is -0.355 e. The molecule has 3 aromatic rings. The molecule has 1 unspecified atom stereocenters. The number of benzene rings is 1. The number of rotatable bonds is 8. The fraction of sp³-hybridized carbons (Fsp3) is 0.400. The molecule has 39 heavy (non-hydrogen) atoms. The molecule has 1 fully saturated rings. The number of nitrogens with one attached hydrogen (secondary N) is 1. The third kappa shape index (κ3) is 9.73. The molecule has 1 amide bonds. The predicted molar refractivity (Wildman–Crippen MR) is 153 cm³/mol. The van der Waals surface area contributed by atoms with Crippen LogP contribution in [-0.2, 0) is 33.8 Å². The van der Waals surface area contributed by atoms with E-state index in [0.29, 0.717) is 37.9 Å². The first kappa shape index (κ1) is 33.5. The number of nitrogens with two attached hydrogens (primary N) is 1. The highest BCUT2D eigenvalue weighted by Crippen LogP contribution is 2.35. The second kappa shape index (κ2) is 15.4.